The van der Waals surface area contributed by atoms with Crippen LogP contribution in [-0.2, 0) is 30.2 Å². The van der Waals surface area contributed by atoms with Crippen molar-refractivity contribution in [3.05, 3.63) is 0 Å². The van der Waals surface area contributed by atoms with Crippen LogP contribution in [0.2, 0.25) is 0 Å². The molecular formula is C6H13LiN2O8S3. The Bertz CT molecular complexity index is 642. The fraction of sp³-hybridized carbons (Fsp3) is 1.00. The number of hydrogen-bond acceptors (Lipinski definition) is 8. The molecule has 1 rings (SSSR count). The molecule has 14 heteroatoms. The summed E-state index contributed by atoms with van der Waals surface area (Å²) in [5, 5.41) is 7.88. The van der Waals surface area contributed by atoms with Gasteiger partial charge >= 0.3 is 18.9 Å². The van der Waals surface area contributed by atoms with Gasteiger partial charge in [0.15, 0.2) is 5.44 Å². The van der Waals surface area contributed by atoms with Gasteiger partial charge in [0.05, 0.1) is 12.8 Å². The van der Waals surface area contributed by atoms with E-state index < -0.39 is 47.5 Å². The predicted octanol–water partition coefficient (Wildman–Crippen LogP) is -6.24. The molecule has 1 heterocycles. The largest absolute Gasteiger partial charge is 1.00 e. The van der Waals surface area contributed by atoms with E-state index in [0.29, 0.717) is 4.31 Å². The Hall–Kier alpha value is 0.287. The molecule has 0 saturated carbocycles. The van der Waals surface area contributed by atoms with Crippen molar-refractivity contribution in [2.45, 2.75) is 17.2 Å². The average molecular weight is 344 g/mol. The Morgan fingerprint density at radius 3 is 2.25 bits per heavy atom. The minimum Gasteiger partial charge on any atom is -0.746 e. The first kappa shape index (κ1) is 20.3. The van der Waals surface area contributed by atoms with E-state index in [1.54, 1.807) is 0 Å². The number of nitrogens with zero attached hydrogens (tertiary/aromatic N) is 1. The molecule has 20 heavy (non-hydrogen) atoms. The van der Waals surface area contributed by atoms with Crippen molar-refractivity contribution in [3.63, 3.8) is 0 Å². The van der Waals surface area contributed by atoms with Gasteiger partial charge in [-0.15, -0.1) is 0 Å². The molecule has 0 amide bonds. The first-order chi connectivity index (χ1) is 8.36. The van der Waals surface area contributed by atoms with Crippen LogP contribution >= 0.6 is 0 Å². The Labute approximate surface area is 129 Å². The van der Waals surface area contributed by atoms with E-state index in [2.05, 4.69) is 4.72 Å². The molecule has 114 valence electrons. The van der Waals surface area contributed by atoms with Crippen LogP contribution in [0.3, 0.4) is 0 Å². The molecule has 1 fully saturated rings. The van der Waals surface area contributed by atoms with Crippen molar-refractivity contribution in [2.24, 2.45) is 0 Å². The number of β-amino-alcohol motifs (C(OH)–C–C–N with tert-alkyl or cyclic N) is 1. The molecule has 1 saturated heterocycles. The van der Waals surface area contributed by atoms with Gasteiger partial charge in [-0.25, -0.2) is 30.0 Å². The normalized spacial score (nSPS) is 26.6. The van der Waals surface area contributed by atoms with E-state index in [9.17, 15) is 29.8 Å². The van der Waals surface area contributed by atoms with Crippen LogP contribution in [0, 0.1) is 0 Å². The molecular weight excluding hydrogens is 331 g/mol. The quantitative estimate of drug-likeness (QED) is 0.262. The van der Waals surface area contributed by atoms with E-state index in [4.69, 9.17) is 5.11 Å². The van der Waals surface area contributed by atoms with Gasteiger partial charge < -0.3 is 9.66 Å². The summed E-state index contributed by atoms with van der Waals surface area (Å²) in [6, 6.07) is 0. The number of nitrogens with one attached hydrogen (secondary N) is 1. The third kappa shape index (κ3) is 5.58. The number of hydrogen-bond donors (Lipinski definition) is 2. The number of rotatable bonds is 7. The summed E-state index contributed by atoms with van der Waals surface area (Å²) in [4.78, 5) is 0. The molecule has 0 bridgehead atoms. The molecule has 1 aliphatic heterocycles. The van der Waals surface area contributed by atoms with E-state index in [1.807, 2.05) is 0 Å². The summed E-state index contributed by atoms with van der Waals surface area (Å²) >= 11 is 0. The molecule has 0 aromatic carbocycles. The third-order valence-corrected chi connectivity index (χ3v) is 5.93. The molecule has 3 atom stereocenters. The maximum atomic E-state index is 11.4. The first-order valence-corrected chi connectivity index (χ1v) is 9.80. The van der Waals surface area contributed by atoms with Crippen LogP contribution in [0.1, 0.15) is 6.42 Å². The smallest absolute Gasteiger partial charge is 0.746 e. The minimum absolute atomic E-state index is 0. The molecule has 0 radical (unpaired) electrons. The second-order valence-corrected chi connectivity index (χ2v) is 9.38. The Morgan fingerprint density at radius 2 is 1.85 bits per heavy atom. The van der Waals surface area contributed by atoms with Crippen LogP contribution in [-0.4, -0.2) is 69.4 Å². The van der Waals surface area contributed by atoms with E-state index in [0.717, 1.165) is 6.26 Å². The second-order valence-electron chi connectivity index (χ2n) is 3.97. The second kappa shape index (κ2) is 6.59. The molecule has 10 nitrogen and oxygen atoms in total. The van der Waals surface area contributed by atoms with Crippen molar-refractivity contribution >= 4 is 30.2 Å². The van der Waals surface area contributed by atoms with Gasteiger partial charge in [0.2, 0.25) is 20.0 Å². The van der Waals surface area contributed by atoms with E-state index >= 15 is 0 Å². The molecule has 3 unspecified atom stereocenters. The number of aliphatic hydroxyl groups is 1. The maximum absolute atomic E-state index is 11.4. The zero-order chi connectivity index (χ0) is 15.1. The maximum Gasteiger partial charge on any atom is 1.00 e. The number of aliphatic hydroxyl groups excluding tert-OH is 1. The van der Waals surface area contributed by atoms with Gasteiger partial charge in [-0.05, 0) is 6.42 Å². The zero-order valence-electron chi connectivity index (χ0n) is 10.8. The Balaban J connectivity index is 0.00000361. The Kier molecular flexibility index (Phi) is 6.68. The van der Waals surface area contributed by atoms with Gasteiger partial charge in [-0.1, -0.05) is 0 Å². The van der Waals surface area contributed by atoms with E-state index in [1.165, 1.54) is 0 Å². The van der Waals surface area contributed by atoms with Crippen molar-refractivity contribution in [3.8, 4) is 0 Å². The summed E-state index contributed by atoms with van der Waals surface area (Å²) in [5.74, 6) is 0. The fourth-order valence-corrected chi connectivity index (χ4v) is 4.08. The molecule has 2 N–H and O–H groups in total. The van der Waals surface area contributed by atoms with Crippen LogP contribution in [0.15, 0.2) is 0 Å². The van der Waals surface area contributed by atoms with Gasteiger partial charge in [-0.2, -0.15) is 4.31 Å². The average Bonchev–Trinajstić information content (AvgIpc) is 2.65. The van der Waals surface area contributed by atoms with E-state index in [-0.39, 0.29) is 31.8 Å². The monoisotopic (exact) mass is 344 g/mol. The first-order valence-electron chi connectivity index (χ1n) is 4.94. The molecule has 1 aliphatic rings. The minimum atomic E-state index is -4.99. The van der Waals surface area contributed by atoms with Gasteiger partial charge in [-0.3, -0.25) is 0 Å². The van der Waals surface area contributed by atoms with Crippen LogP contribution in [0.25, 0.3) is 0 Å². The van der Waals surface area contributed by atoms with Crippen molar-refractivity contribution in [1.29, 1.82) is 0 Å². The molecule has 0 aromatic rings. The summed E-state index contributed by atoms with van der Waals surface area (Å²) in [6.45, 7) is -1.00. The summed E-state index contributed by atoms with van der Waals surface area (Å²) in [5.41, 5.74) is -2.34. The van der Waals surface area contributed by atoms with Crippen LogP contribution in [0.5, 0.6) is 0 Å². The molecule has 0 aromatic heterocycles. The van der Waals surface area contributed by atoms with Crippen LogP contribution in [0.4, 0.5) is 0 Å². The topological polar surface area (TPSA) is 161 Å². The zero-order valence-corrected chi connectivity index (χ0v) is 13.2. The molecule has 0 spiro atoms. The summed E-state index contributed by atoms with van der Waals surface area (Å²) < 4.78 is 78.3. The summed E-state index contributed by atoms with van der Waals surface area (Å²) in [7, 11) is -12.2. The standard InChI is InChI=1S/C6H14N2O8S3.Li/c1-17(10,11)7-3-2-5-8(18(5,12)13)4-6(9)19(14,15)16;/h5-7,9H,2-4H2,1H3,(H,14,15,16);/q;+1/p-1. The SMILES string of the molecule is CS(=O)(=O)NCCC1N(CC(O)S(=O)(=O)[O-])S1(=O)=O.[Li+]. The predicted molar refractivity (Wildman–Crippen MR) is 62.6 cm³/mol. The third-order valence-electron chi connectivity index (χ3n) is 2.37. The van der Waals surface area contributed by atoms with Gasteiger partial charge in [0, 0.05) is 6.54 Å². The fourth-order valence-electron chi connectivity index (χ4n) is 1.41. The van der Waals surface area contributed by atoms with Crippen molar-refractivity contribution < 1.29 is 53.8 Å². The van der Waals surface area contributed by atoms with Gasteiger partial charge in [0.1, 0.15) is 15.5 Å². The van der Waals surface area contributed by atoms with Crippen molar-refractivity contribution in [2.75, 3.05) is 19.3 Å². The van der Waals surface area contributed by atoms with Crippen LogP contribution < -0.4 is 23.6 Å². The Morgan fingerprint density at radius 1 is 1.35 bits per heavy atom. The molecule has 0 aliphatic carbocycles. The van der Waals surface area contributed by atoms with Crippen molar-refractivity contribution in [1.82, 2.24) is 9.03 Å². The van der Waals surface area contributed by atoms with Gasteiger partial charge in [0.25, 0.3) is 0 Å². The number of sulfonamides is 2. The summed E-state index contributed by atoms with van der Waals surface area (Å²) in [6.07, 6.45) is 0.793.